The Morgan fingerprint density at radius 2 is 1.91 bits per heavy atom. The van der Waals surface area contributed by atoms with E-state index in [-0.39, 0.29) is 49.3 Å². The minimum atomic E-state index is -0.348. The number of likely N-dealkylation sites (N-methyl/N-ethyl adjacent to an activating group) is 1. The third-order valence-corrected chi connectivity index (χ3v) is 9.20. The molecule has 3 atom stereocenters. The molecule has 0 saturated heterocycles. The number of aliphatic hydroxyl groups is 1. The van der Waals surface area contributed by atoms with Gasteiger partial charge in [0.2, 0.25) is 11.8 Å². The molecule has 0 aliphatic carbocycles. The molecule has 0 saturated carbocycles. The summed E-state index contributed by atoms with van der Waals surface area (Å²) in [5, 5.41) is 15.1. The van der Waals surface area contributed by atoms with E-state index in [2.05, 4.69) is 17.1 Å². The highest BCUT2D eigenvalue weighted by molar-refractivity contribution is 6.42. The molecule has 2 amide bonds. The number of hydrogen-bond donors (Lipinski definition) is 2. The molecule has 2 heterocycles. The van der Waals surface area contributed by atoms with Crippen LogP contribution in [0.1, 0.15) is 30.5 Å². The number of carbonyl (C=O) groups is 2. The van der Waals surface area contributed by atoms with E-state index in [0.29, 0.717) is 46.7 Å². The van der Waals surface area contributed by atoms with Crippen LogP contribution in [0.15, 0.2) is 66.9 Å². The zero-order valence-electron chi connectivity index (χ0n) is 26.1. The van der Waals surface area contributed by atoms with Crippen molar-refractivity contribution in [2.45, 2.75) is 45.4 Å². The summed E-state index contributed by atoms with van der Waals surface area (Å²) >= 11 is 12.4. The molecule has 0 unspecified atom stereocenters. The van der Waals surface area contributed by atoms with Crippen LogP contribution in [-0.2, 0) is 36.0 Å². The molecule has 4 aromatic rings. The number of aromatic nitrogens is 1. The van der Waals surface area contributed by atoms with Crippen molar-refractivity contribution in [3.05, 3.63) is 93.6 Å². The fourth-order valence-corrected chi connectivity index (χ4v) is 6.31. The molecule has 1 aliphatic heterocycles. The Labute approximate surface area is 274 Å². The summed E-state index contributed by atoms with van der Waals surface area (Å²) in [6.45, 7) is 5.43. The fraction of sp³-hybridized carbons (Fsp3) is 0.371. The van der Waals surface area contributed by atoms with Gasteiger partial charge in [-0.25, -0.2) is 0 Å². The van der Waals surface area contributed by atoms with E-state index in [0.717, 1.165) is 22.0 Å². The number of amides is 2. The second kappa shape index (κ2) is 14.3. The predicted molar refractivity (Wildman–Crippen MR) is 180 cm³/mol. The maximum absolute atomic E-state index is 13.6. The standard InChI is InChI=1S/C35H40Cl2N4O4/c1-22-17-41(23(2)21-42)35(44)16-25-14-27(38-34(43)15-26-19-40(4)31-8-6-5-7-28(26)31)10-12-32(25)45-33(22)20-39(3)18-24-9-11-29(36)30(37)13-24/h5-14,19,22-23,33,42H,15-18,20-21H2,1-4H3,(H,38,43)/t22-,23-,33-/m1/s1. The number of ether oxygens (including phenoxy) is 1. The number of benzene rings is 3. The van der Waals surface area contributed by atoms with E-state index in [1.807, 2.05) is 86.4 Å². The monoisotopic (exact) mass is 650 g/mol. The maximum atomic E-state index is 13.6. The van der Waals surface area contributed by atoms with Crippen LogP contribution in [0.25, 0.3) is 10.9 Å². The molecule has 0 radical (unpaired) electrons. The van der Waals surface area contributed by atoms with Crippen LogP contribution in [0.4, 0.5) is 5.69 Å². The van der Waals surface area contributed by atoms with Crippen molar-refractivity contribution in [2.24, 2.45) is 13.0 Å². The molecule has 1 aliphatic rings. The van der Waals surface area contributed by atoms with Crippen molar-refractivity contribution >= 4 is 51.6 Å². The third kappa shape index (κ3) is 7.82. The molecule has 1 aromatic heterocycles. The van der Waals surface area contributed by atoms with Crippen LogP contribution < -0.4 is 10.1 Å². The number of aliphatic hydroxyl groups excluding tert-OH is 1. The van der Waals surface area contributed by atoms with Crippen LogP contribution >= 0.6 is 23.2 Å². The van der Waals surface area contributed by atoms with Crippen LogP contribution in [-0.4, -0.2) is 70.2 Å². The highest BCUT2D eigenvalue weighted by Crippen LogP contribution is 2.30. The Balaban J connectivity index is 1.37. The van der Waals surface area contributed by atoms with Gasteiger partial charge in [0.25, 0.3) is 0 Å². The zero-order valence-corrected chi connectivity index (χ0v) is 27.6. The van der Waals surface area contributed by atoms with Crippen molar-refractivity contribution in [1.82, 2.24) is 14.4 Å². The summed E-state index contributed by atoms with van der Waals surface area (Å²) in [5.41, 5.74) is 4.32. The summed E-state index contributed by atoms with van der Waals surface area (Å²) in [6, 6.07) is 18.7. The lowest BCUT2D eigenvalue weighted by Crippen LogP contribution is -2.47. The normalized spacial score (nSPS) is 17.8. The topological polar surface area (TPSA) is 87.0 Å². The number of carbonyl (C=O) groups excluding carboxylic acids is 2. The average molecular weight is 652 g/mol. The van der Waals surface area contributed by atoms with Gasteiger partial charge in [0.1, 0.15) is 11.9 Å². The van der Waals surface area contributed by atoms with Gasteiger partial charge in [0, 0.05) is 61.0 Å². The van der Waals surface area contributed by atoms with Gasteiger partial charge in [0.15, 0.2) is 0 Å². The lowest BCUT2D eigenvalue weighted by Gasteiger charge is -2.34. The molecule has 5 rings (SSSR count). The minimum absolute atomic E-state index is 0.0368. The van der Waals surface area contributed by atoms with Gasteiger partial charge >= 0.3 is 0 Å². The highest BCUT2D eigenvalue weighted by atomic mass is 35.5. The number of rotatable bonds is 9. The second-order valence-electron chi connectivity index (χ2n) is 12.2. The molecule has 10 heteroatoms. The molecule has 2 N–H and O–H groups in total. The smallest absolute Gasteiger partial charge is 0.228 e. The largest absolute Gasteiger partial charge is 0.488 e. The van der Waals surface area contributed by atoms with Crippen molar-refractivity contribution in [3.63, 3.8) is 0 Å². The van der Waals surface area contributed by atoms with Gasteiger partial charge in [-0.05, 0) is 61.5 Å². The van der Waals surface area contributed by atoms with Gasteiger partial charge < -0.3 is 24.6 Å². The fourth-order valence-electron chi connectivity index (χ4n) is 5.99. The van der Waals surface area contributed by atoms with Crippen LogP contribution in [0.2, 0.25) is 10.0 Å². The van der Waals surface area contributed by atoms with Gasteiger partial charge in [-0.2, -0.15) is 0 Å². The predicted octanol–water partition coefficient (Wildman–Crippen LogP) is 5.95. The molecule has 0 spiro atoms. The van der Waals surface area contributed by atoms with E-state index >= 15 is 0 Å². The third-order valence-electron chi connectivity index (χ3n) is 8.46. The Morgan fingerprint density at radius 3 is 2.67 bits per heavy atom. The Kier molecular flexibility index (Phi) is 10.4. The molecule has 0 fully saturated rings. The van der Waals surface area contributed by atoms with Crippen molar-refractivity contribution in [2.75, 3.05) is 32.1 Å². The molecular formula is C35H40Cl2N4O4. The lowest BCUT2D eigenvalue weighted by atomic mass is 10.0. The van der Waals surface area contributed by atoms with E-state index in [1.165, 1.54) is 0 Å². The van der Waals surface area contributed by atoms with E-state index in [9.17, 15) is 14.7 Å². The maximum Gasteiger partial charge on any atom is 0.228 e. The van der Waals surface area contributed by atoms with Gasteiger partial charge in [-0.15, -0.1) is 0 Å². The highest BCUT2D eigenvalue weighted by Gasteiger charge is 2.31. The summed E-state index contributed by atoms with van der Waals surface area (Å²) in [5.74, 6) is 0.323. The number of nitrogens with one attached hydrogen (secondary N) is 1. The lowest BCUT2D eigenvalue weighted by molar-refractivity contribution is -0.134. The quantitative estimate of drug-likeness (QED) is 0.234. The summed E-state index contributed by atoms with van der Waals surface area (Å²) in [6.07, 6.45) is 2.03. The van der Waals surface area contributed by atoms with Gasteiger partial charge in [-0.3, -0.25) is 14.5 Å². The van der Waals surface area contributed by atoms with Crippen molar-refractivity contribution in [1.29, 1.82) is 0 Å². The zero-order chi connectivity index (χ0) is 32.2. The average Bonchev–Trinajstić information content (AvgIpc) is 3.33. The number of halogens is 2. The van der Waals surface area contributed by atoms with E-state index in [4.69, 9.17) is 27.9 Å². The number of anilines is 1. The molecule has 3 aromatic carbocycles. The Hall–Kier alpha value is -3.56. The first-order valence-corrected chi connectivity index (χ1v) is 15.9. The first-order valence-electron chi connectivity index (χ1n) is 15.2. The van der Waals surface area contributed by atoms with Crippen molar-refractivity contribution < 1.29 is 19.4 Å². The number of aryl methyl sites for hydroxylation is 1. The van der Waals surface area contributed by atoms with Crippen LogP contribution in [0, 0.1) is 5.92 Å². The van der Waals surface area contributed by atoms with Gasteiger partial charge in [-0.1, -0.05) is 54.4 Å². The van der Waals surface area contributed by atoms with E-state index < -0.39 is 0 Å². The van der Waals surface area contributed by atoms with Gasteiger partial charge in [0.05, 0.1) is 35.5 Å². The second-order valence-corrected chi connectivity index (χ2v) is 13.0. The SMILES string of the molecule is C[C@@H]1CN([C@H](C)CO)C(=O)Cc2cc(NC(=O)Cc3cn(C)c4ccccc34)ccc2O[C@@H]1CN(C)Cc1ccc(Cl)c(Cl)c1. The molecule has 0 bridgehead atoms. The number of fused-ring (bicyclic) bond motifs is 2. The molecule has 45 heavy (non-hydrogen) atoms. The summed E-state index contributed by atoms with van der Waals surface area (Å²) in [7, 11) is 3.98. The molecule has 238 valence electrons. The first-order chi connectivity index (χ1) is 21.5. The minimum Gasteiger partial charge on any atom is -0.488 e. The Bertz CT molecular complexity index is 1690. The number of para-hydroxylation sites is 1. The van der Waals surface area contributed by atoms with Crippen molar-refractivity contribution in [3.8, 4) is 5.75 Å². The summed E-state index contributed by atoms with van der Waals surface area (Å²) < 4.78 is 8.67. The van der Waals surface area contributed by atoms with Crippen LogP contribution in [0.3, 0.4) is 0 Å². The van der Waals surface area contributed by atoms with Crippen LogP contribution in [0.5, 0.6) is 5.75 Å². The molecular weight excluding hydrogens is 611 g/mol. The molecule has 8 nitrogen and oxygen atoms in total. The first kappa shape index (κ1) is 32.8. The Morgan fingerprint density at radius 1 is 1.13 bits per heavy atom. The summed E-state index contributed by atoms with van der Waals surface area (Å²) in [4.78, 5) is 30.6. The number of nitrogens with zero attached hydrogens (tertiary/aromatic N) is 3. The van der Waals surface area contributed by atoms with E-state index in [1.54, 1.807) is 11.0 Å². The number of hydrogen-bond acceptors (Lipinski definition) is 5.